The standard InChI is InChI=1S/C8H5BrF5NO/c1-16-4-2-3(7(10)11)5(6(9)15-4)8(12,13)14/h2,7H,1H3. The number of rotatable bonds is 2. The molecule has 0 saturated carbocycles. The average Bonchev–Trinajstić information content (AvgIpc) is 2.14. The van der Waals surface area contributed by atoms with Crippen LogP contribution in [0.2, 0.25) is 0 Å². The monoisotopic (exact) mass is 305 g/mol. The molecular formula is C8H5BrF5NO. The second kappa shape index (κ2) is 4.52. The Morgan fingerprint density at radius 3 is 2.31 bits per heavy atom. The fourth-order valence-corrected chi connectivity index (χ4v) is 1.69. The first-order chi connectivity index (χ1) is 7.27. The van der Waals surface area contributed by atoms with Gasteiger partial charge in [-0.15, -0.1) is 0 Å². The normalized spacial score (nSPS) is 12.0. The van der Waals surface area contributed by atoms with Crippen molar-refractivity contribution in [2.24, 2.45) is 0 Å². The van der Waals surface area contributed by atoms with E-state index in [9.17, 15) is 22.0 Å². The molecule has 0 radical (unpaired) electrons. The second-order valence-corrected chi connectivity index (χ2v) is 3.47. The van der Waals surface area contributed by atoms with Gasteiger partial charge >= 0.3 is 6.18 Å². The molecule has 0 aliphatic rings. The minimum atomic E-state index is -4.90. The van der Waals surface area contributed by atoms with Crippen molar-refractivity contribution in [1.82, 2.24) is 4.98 Å². The lowest BCUT2D eigenvalue weighted by atomic mass is 10.1. The molecule has 8 heteroatoms. The van der Waals surface area contributed by atoms with E-state index in [1.807, 2.05) is 0 Å². The molecule has 0 N–H and O–H groups in total. The van der Waals surface area contributed by atoms with Crippen LogP contribution < -0.4 is 4.74 Å². The molecule has 0 saturated heterocycles. The summed E-state index contributed by atoms with van der Waals surface area (Å²) in [5.41, 5.74) is -2.64. The highest BCUT2D eigenvalue weighted by Crippen LogP contribution is 2.41. The molecule has 16 heavy (non-hydrogen) atoms. The van der Waals surface area contributed by atoms with Crippen molar-refractivity contribution in [2.75, 3.05) is 7.11 Å². The minimum absolute atomic E-state index is 0.310. The molecule has 90 valence electrons. The van der Waals surface area contributed by atoms with E-state index in [0.717, 1.165) is 7.11 Å². The third kappa shape index (κ3) is 2.60. The molecule has 0 spiro atoms. The first kappa shape index (κ1) is 13.1. The van der Waals surface area contributed by atoms with Crippen molar-refractivity contribution in [3.05, 3.63) is 21.8 Å². The number of hydrogen-bond acceptors (Lipinski definition) is 2. The fraction of sp³-hybridized carbons (Fsp3) is 0.375. The summed E-state index contributed by atoms with van der Waals surface area (Å²) in [6, 6.07) is 0.568. The van der Waals surface area contributed by atoms with E-state index in [1.165, 1.54) is 0 Å². The zero-order valence-corrected chi connectivity index (χ0v) is 9.36. The predicted molar refractivity (Wildman–Crippen MR) is 48.4 cm³/mol. The van der Waals surface area contributed by atoms with Crippen LogP contribution in [0.25, 0.3) is 0 Å². The number of halogens is 6. The molecule has 0 aliphatic heterocycles. The number of methoxy groups -OCH3 is 1. The minimum Gasteiger partial charge on any atom is -0.481 e. The molecule has 0 bridgehead atoms. The average molecular weight is 306 g/mol. The van der Waals surface area contributed by atoms with Crippen molar-refractivity contribution < 1.29 is 26.7 Å². The van der Waals surface area contributed by atoms with Crippen LogP contribution in [0.3, 0.4) is 0 Å². The maximum absolute atomic E-state index is 12.5. The Morgan fingerprint density at radius 2 is 1.94 bits per heavy atom. The van der Waals surface area contributed by atoms with Crippen LogP contribution in [0.1, 0.15) is 17.6 Å². The zero-order valence-electron chi connectivity index (χ0n) is 7.78. The molecule has 1 rings (SSSR count). The van der Waals surface area contributed by atoms with Gasteiger partial charge in [-0.25, -0.2) is 13.8 Å². The Labute approximate surface area is 95.6 Å². The first-order valence-electron chi connectivity index (χ1n) is 3.87. The Hall–Kier alpha value is -0.920. The molecule has 0 aliphatic carbocycles. The van der Waals surface area contributed by atoms with E-state index in [0.29, 0.717) is 6.07 Å². The van der Waals surface area contributed by atoms with Crippen molar-refractivity contribution >= 4 is 15.9 Å². The van der Waals surface area contributed by atoms with Crippen LogP contribution in [0.5, 0.6) is 5.88 Å². The van der Waals surface area contributed by atoms with E-state index in [1.54, 1.807) is 0 Å². The SMILES string of the molecule is COc1cc(C(F)F)c(C(F)(F)F)c(Br)n1. The Balaban J connectivity index is 3.46. The molecule has 2 nitrogen and oxygen atoms in total. The van der Waals surface area contributed by atoms with Gasteiger partial charge in [-0.05, 0) is 15.9 Å². The summed E-state index contributed by atoms with van der Waals surface area (Å²) in [5.74, 6) is -0.310. The van der Waals surface area contributed by atoms with E-state index < -0.39 is 28.3 Å². The summed E-state index contributed by atoms with van der Waals surface area (Å²) < 4.78 is 66.1. The van der Waals surface area contributed by atoms with Gasteiger partial charge in [-0.2, -0.15) is 13.2 Å². The molecule has 1 heterocycles. The van der Waals surface area contributed by atoms with Crippen molar-refractivity contribution in [1.29, 1.82) is 0 Å². The molecule has 0 fully saturated rings. The van der Waals surface area contributed by atoms with Crippen LogP contribution in [-0.2, 0) is 6.18 Å². The summed E-state index contributed by atoms with van der Waals surface area (Å²) in [6.45, 7) is 0. The van der Waals surface area contributed by atoms with E-state index in [2.05, 4.69) is 25.7 Å². The van der Waals surface area contributed by atoms with Gasteiger partial charge < -0.3 is 4.74 Å². The summed E-state index contributed by atoms with van der Waals surface area (Å²) in [7, 11) is 1.12. The van der Waals surface area contributed by atoms with E-state index in [-0.39, 0.29) is 5.88 Å². The number of aromatic nitrogens is 1. The molecule has 1 aromatic heterocycles. The molecule has 0 amide bonds. The highest BCUT2D eigenvalue weighted by atomic mass is 79.9. The quantitative estimate of drug-likeness (QED) is 0.612. The maximum Gasteiger partial charge on any atom is 0.419 e. The van der Waals surface area contributed by atoms with Crippen molar-refractivity contribution in [2.45, 2.75) is 12.6 Å². The smallest absolute Gasteiger partial charge is 0.419 e. The third-order valence-corrected chi connectivity index (χ3v) is 2.28. The number of pyridine rings is 1. The lowest BCUT2D eigenvalue weighted by Crippen LogP contribution is -2.12. The Bertz CT molecular complexity index is 393. The maximum atomic E-state index is 12.5. The van der Waals surface area contributed by atoms with Gasteiger partial charge in [0.2, 0.25) is 5.88 Å². The summed E-state index contributed by atoms with van der Waals surface area (Å²) in [4.78, 5) is 3.34. The summed E-state index contributed by atoms with van der Waals surface area (Å²) in [5, 5.41) is 0. The highest BCUT2D eigenvalue weighted by molar-refractivity contribution is 9.10. The van der Waals surface area contributed by atoms with Gasteiger partial charge in [0, 0.05) is 11.6 Å². The van der Waals surface area contributed by atoms with E-state index in [4.69, 9.17) is 0 Å². The van der Waals surface area contributed by atoms with Crippen LogP contribution in [0, 0.1) is 0 Å². The molecule has 0 aromatic carbocycles. The van der Waals surface area contributed by atoms with Gasteiger partial charge in [0.15, 0.2) is 0 Å². The fourth-order valence-electron chi connectivity index (χ4n) is 1.07. The van der Waals surface area contributed by atoms with Gasteiger partial charge in [0.25, 0.3) is 6.43 Å². The number of nitrogens with zero attached hydrogens (tertiary/aromatic N) is 1. The number of ether oxygens (including phenoxy) is 1. The topological polar surface area (TPSA) is 22.1 Å². The largest absolute Gasteiger partial charge is 0.481 e. The number of alkyl halides is 5. The van der Waals surface area contributed by atoms with Crippen molar-refractivity contribution in [3.8, 4) is 5.88 Å². The van der Waals surface area contributed by atoms with Crippen LogP contribution >= 0.6 is 15.9 Å². The predicted octanol–water partition coefficient (Wildman–Crippen LogP) is 3.81. The van der Waals surface area contributed by atoms with Gasteiger partial charge in [0.05, 0.1) is 12.7 Å². The highest BCUT2D eigenvalue weighted by Gasteiger charge is 2.39. The summed E-state index contributed by atoms with van der Waals surface area (Å²) >= 11 is 2.50. The van der Waals surface area contributed by atoms with Crippen LogP contribution in [-0.4, -0.2) is 12.1 Å². The van der Waals surface area contributed by atoms with Crippen LogP contribution in [0.15, 0.2) is 10.7 Å². The Kier molecular flexibility index (Phi) is 3.72. The molecule has 1 aromatic rings. The molecular weight excluding hydrogens is 301 g/mol. The van der Waals surface area contributed by atoms with Gasteiger partial charge in [-0.3, -0.25) is 0 Å². The summed E-state index contributed by atoms with van der Waals surface area (Å²) in [6.07, 6.45) is -8.16. The van der Waals surface area contributed by atoms with Crippen LogP contribution in [0.4, 0.5) is 22.0 Å². The lowest BCUT2D eigenvalue weighted by molar-refractivity contribution is -0.140. The third-order valence-electron chi connectivity index (χ3n) is 1.71. The zero-order chi connectivity index (χ0) is 12.5. The molecule has 0 unspecified atom stereocenters. The molecule has 0 atom stereocenters. The van der Waals surface area contributed by atoms with Crippen molar-refractivity contribution in [3.63, 3.8) is 0 Å². The van der Waals surface area contributed by atoms with Gasteiger partial charge in [-0.1, -0.05) is 0 Å². The van der Waals surface area contributed by atoms with Gasteiger partial charge in [0.1, 0.15) is 4.60 Å². The van der Waals surface area contributed by atoms with E-state index >= 15 is 0 Å². The lowest BCUT2D eigenvalue weighted by Gasteiger charge is -2.14. The first-order valence-corrected chi connectivity index (χ1v) is 4.66. The Morgan fingerprint density at radius 1 is 1.38 bits per heavy atom. The second-order valence-electron chi connectivity index (χ2n) is 2.72. The number of hydrogen-bond donors (Lipinski definition) is 0.